The van der Waals surface area contributed by atoms with Gasteiger partial charge in [-0.15, -0.1) is 0 Å². The van der Waals surface area contributed by atoms with E-state index >= 15 is 0 Å². The molecule has 0 fully saturated rings. The fraction of sp³-hybridized carbons (Fsp3) is 0.750. The van der Waals surface area contributed by atoms with Crippen LogP contribution in [0, 0.1) is 0 Å². The molecule has 5 nitrogen and oxygen atoms in total. The topological polar surface area (TPSA) is 92.4 Å². The van der Waals surface area contributed by atoms with Crippen LogP contribution >= 0.6 is 0 Å². The van der Waals surface area contributed by atoms with Gasteiger partial charge in [-0.2, -0.15) is 0 Å². The average Bonchev–Trinajstić information content (AvgIpc) is 1.97. The number of carbonyl (C=O) groups is 2. The first-order chi connectivity index (χ1) is 5.86. The third-order valence-corrected chi connectivity index (χ3v) is 1.70. The molecule has 0 rings (SSSR count). The Labute approximate surface area is 77.3 Å². The number of hydrogen-bond donors (Lipinski definition) is 3. The van der Waals surface area contributed by atoms with Crippen molar-refractivity contribution >= 4 is 11.9 Å². The van der Waals surface area contributed by atoms with Crippen molar-refractivity contribution in [1.82, 2.24) is 5.32 Å². The van der Waals surface area contributed by atoms with Crippen molar-refractivity contribution in [3.8, 4) is 0 Å². The van der Waals surface area contributed by atoms with Crippen LogP contribution < -0.4 is 11.1 Å². The van der Waals surface area contributed by atoms with Crippen molar-refractivity contribution in [2.45, 2.75) is 32.2 Å². The molecule has 5 heteroatoms. The molecule has 0 radical (unpaired) electrons. The van der Waals surface area contributed by atoms with Gasteiger partial charge in [0.1, 0.15) is 5.54 Å². The summed E-state index contributed by atoms with van der Waals surface area (Å²) < 4.78 is 0. The van der Waals surface area contributed by atoms with Crippen LogP contribution in [-0.4, -0.2) is 29.1 Å². The van der Waals surface area contributed by atoms with E-state index in [1.54, 1.807) is 13.8 Å². The van der Waals surface area contributed by atoms with E-state index in [1.165, 1.54) is 0 Å². The van der Waals surface area contributed by atoms with Crippen LogP contribution in [0.4, 0.5) is 0 Å². The number of aliphatic carboxylic acids is 1. The molecule has 1 amide bonds. The van der Waals surface area contributed by atoms with Gasteiger partial charge in [0, 0.05) is 6.42 Å². The first kappa shape index (κ1) is 11.9. The van der Waals surface area contributed by atoms with Gasteiger partial charge in [0.05, 0.1) is 0 Å². The molecular weight excluding hydrogens is 172 g/mol. The number of nitrogens with two attached hydrogens (primary N) is 1. The highest BCUT2D eigenvalue weighted by Gasteiger charge is 2.25. The Morgan fingerprint density at radius 3 is 2.38 bits per heavy atom. The molecule has 0 aliphatic heterocycles. The summed E-state index contributed by atoms with van der Waals surface area (Å²) in [5.74, 6) is -1.28. The van der Waals surface area contributed by atoms with Crippen molar-refractivity contribution in [1.29, 1.82) is 0 Å². The Hall–Kier alpha value is -1.10. The molecule has 0 spiro atoms. The van der Waals surface area contributed by atoms with Gasteiger partial charge in [-0.1, -0.05) is 0 Å². The molecule has 0 saturated heterocycles. The highest BCUT2D eigenvalue weighted by atomic mass is 16.4. The molecule has 4 N–H and O–H groups in total. The quantitative estimate of drug-likeness (QED) is 0.499. The Kier molecular flexibility index (Phi) is 4.40. The first-order valence-corrected chi connectivity index (χ1v) is 4.13. The van der Waals surface area contributed by atoms with Crippen LogP contribution in [0.1, 0.15) is 26.7 Å². The maximum absolute atomic E-state index is 10.6. The van der Waals surface area contributed by atoms with Crippen molar-refractivity contribution in [3.63, 3.8) is 0 Å². The predicted octanol–water partition coefficient (Wildman–Crippen LogP) is -0.295. The number of carbonyl (C=O) groups excluding carboxylic acids is 1. The highest BCUT2D eigenvalue weighted by molar-refractivity contribution is 5.77. The number of rotatable bonds is 6. The standard InChI is InChI=1S/C8H16N2O3/c1-8(2,7(12)13)10-5-3-4-6(9)11/h10H,3-5H2,1-2H3,(H2,9,11)(H,12,13). The molecule has 13 heavy (non-hydrogen) atoms. The van der Waals surface area contributed by atoms with Gasteiger partial charge in [-0.3, -0.25) is 9.59 Å². The summed E-state index contributed by atoms with van der Waals surface area (Å²) in [4.78, 5) is 20.9. The second-order valence-electron chi connectivity index (χ2n) is 3.43. The Morgan fingerprint density at radius 1 is 1.46 bits per heavy atom. The minimum atomic E-state index is -0.947. The maximum atomic E-state index is 10.6. The van der Waals surface area contributed by atoms with E-state index in [2.05, 4.69) is 5.32 Å². The molecule has 76 valence electrons. The molecule has 0 unspecified atom stereocenters. The highest BCUT2D eigenvalue weighted by Crippen LogP contribution is 2.01. The van der Waals surface area contributed by atoms with E-state index in [0.717, 1.165) is 0 Å². The lowest BCUT2D eigenvalue weighted by Gasteiger charge is -2.20. The second-order valence-corrected chi connectivity index (χ2v) is 3.43. The number of carboxylic acids is 1. The van der Waals surface area contributed by atoms with E-state index in [1.807, 2.05) is 0 Å². The van der Waals surface area contributed by atoms with E-state index in [4.69, 9.17) is 10.8 Å². The normalized spacial score (nSPS) is 11.2. The molecule has 0 aliphatic carbocycles. The third kappa shape index (κ3) is 5.19. The van der Waals surface area contributed by atoms with Gasteiger partial charge in [0.15, 0.2) is 0 Å². The van der Waals surface area contributed by atoms with E-state index < -0.39 is 11.5 Å². The van der Waals surface area contributed by atoms with Crippen molar-refractivity contribution in [2.75, 3.05) is 6.54 Å². The summed E-state index contributed by atoms with van der Waals surface area (Å²) in [6.07, 6.45) is 0.842. The predicted molar refractivity (Wildman–Crippen MR) is 48.1 cm³/mol. The van der Waals surface area contributed by atoms with Crippen molar-refractivity contribution in [2.24, 2.45) is 5.73 Å². The lowest BCUT2D eigenvalue weighted by Crippen LogP contribution is -2.47. The van der Waals surface area contributed by atoms with Crippen LogP contribution in [0.3, 0.4) is 0 Å². The van der Waals surface area contributed by atoms with Gasteiger partial charge in [-0.05, 0) is 26.8 Å². The molecule has 0 aromatic rings. The Balaban J connectivity index is 3.64. The third-order valence-electron chi connectivity index (χ3n) is 1.70. The van der Waals surface area contributed by atoms with Crippen LogP contribution in [0.15, 0.2) is 0 Å². The molecule has 0 aromatic carbocycles. The summed E-state index contributed by atoms with van der Waals surface area (Å²) in [6.45, 7) is 3.61. The van der Waals surface area contributed by atoms with Gasteiger partial charge >= 0.3 is 5.97 Å². The number of amides is 1. The number of primary amides is 1. The van der Waals surface area contributed by atoms with Crippen LogP contribution in [0.5, 0.6) is 0 Å². The monoisotopic (exact) mass is 188 g/mol. The summed E-state index contributed by atoms with van der Waals surface area (Å²) in [7, 11) is 0. The molecule has 0 heterocycles. The molecule has 0 atom stereocenters. The van der Waals surface area contributed by atoms with Gasteiger partial charge in [-0.25, -0.2) is 0 Å². The van der Waals surface area contributed by atoms with E-state index in [9.17, 15) is 9.59 Å². The Morgan fingerprint density at radius 2 is 2.00 bits per heavy atom. The molecular formula is C8H16N2O3. The molecule has 0 aromatic heterocycles. The zero-order chi connectivity index (χ0) is 10.5. The lowest BCUT2D eigenvalue weighted by atomic mass is 10.1. The fourth-order valence-electron chi connectivity index (χ4n) is 0.739. The molecule has 0 aliphatic rings. The molecule has 0 saturated carbocycles. The van der Waals surface area contributed by atoms with E-state index in [-0.39, 0.29) is 12.3 Å². The average molecular weight is 188 g/mol. The first-order valence-electron chi connectivity index (χ1n) is 4.13. The SMILES string of the molecule is CC(C)(NCCCC(N)=O)C(=O)O. The van der Waals surface area contributed by atoms with Crippen molar-refractivity contribution in [3.05, 3.63) is 0 Å². The number of carboxylic acid groups (broad SMARTS) is 1. The van der Waals surface area contributed by atoms with E-state index in [0.29, 0.717) is 13.0 Å². The summed E-state index contributed by atoms with van der Waals surface area (Å²) in [6, 6.07) is 0. The number of hydrogen-bond acceptors (Lipinski definition) is 3. The second kappa shape index (κ2) is 4.81. The van der Waals surface area contributed by atoms with Crippen molar-refractivity contribution < 1.29 is 14.7 Å². The largest absolute Gasteiger partial charge is 0.480 e. The smallest absolute Gasteiger partial charge is 0.323 e. The summed E-state index contributed by atoms with van der Waals surface area (Å²) in [5, 5.41) is 11.5. The summed E-state index contributed by atoms with van der Waals surface area (Å²) in [5.41, 5.74) is 3.97. The minimum absolute atomic E-state index is 0.280. The van der Waals surface area contributed by atoms with Crippen LogP contribution in [0.2, 0.25) is 0 Å². The van der Waals surface area contributed by atoms with Gasteiger partial charge in [0.25, 0.3) is 0 Å². The zero-order valence-electron chi connectivity index (χ0n) is 7.96. The summed E-state index contributed by atoms with van der Waals surface area (Å²) >= 11 is 0. The lowest BCUT2D eigenvalue weighted by molar-refractivity contribution is -0.143. The minimum Gasteiger partial charge on any atom is -0.480 e. The zero-order valence-corrected chi connectivity index (χ0v) is 7.96. The van der Waals surface area contributed by atoms with Crippen LogP contribution in [0.25, 0.3) is 0 Å². The number of nitrogens with one attached hydrogen (secondary N) is 1. The van der Waals surface area contributed by atoms with Crippen LogP contribution in [-0.2, 0) is 9.59 Å². The van der Waals surface area contributed by atoms with Gasteiger partial charge < -0.3 is 16.2 Å². The fourth-order valence-corrected chi connectivity index (χ4v) is 0.739. The Bertz CT molecular complexity index is 202. The molecule has 0 bridgehead atoms. The van der Waals surface area contributed by atoms with Gasteiger partial charge in [0.2, 0.25) is 5.91 Å². The maximum Gasteiger partial charge on any atom is 0.323 e.